The highest BCUT2D eigenvalue weighted by Gasteiger charge is 2.21. The van der Waals surface area contributed by atoms with Crippen molar-refractivity contribution in [2.24, 2.45) is 5.92 Å². The fourth-order valence-corrected chi connectivity index (χ4v) is 1.50. The lowest BCUT2D eigenvalue weighted by Gasteiger charge is -2.17. The fraction of sp³-hybridized carbons (Fsp3) is 0.462. The van der Waals surface area contributed by atoms with E-state index in [-0.39, 0.29) is 12.3 Å². The van der Waals surface area contributed by atoms with Crippen LogP contribution in [0, 0.1) is 12.8 Å². The number of pyridine rings is 1. The third-order valence-electron chi connectivity index (χ3n) is 2.97. The number of carboxylic acid groups (broad SMARTS) is 1. The summed E-state index contributed by atoms with van der Waals surface area (Å²) in [7, 11) is 0. The largest absolute Gasteiger partial charge is 0.481 e. The number of hydrogen-bond acceptors (Lipinski definition) is 3. The molecule has 0 aliphatic rings. The second-order valence-electron chi connectivity index (χ2n) is 4.43. The molecule has 0 bridgehead atoms. The molecule has 5 nitrogen and oxygen atoms in total. The van der Waals surface area contributed by atoms with Crippen molar-refractivity contribution < 1.29 is 14.7 Å². The molecule has 1 heterocycles. The number of rotatable bonds is 5. The SMILES string of the molecule is Cc1cccnc1CC(=O)NC(C)C(C)C(=O)O. The summed E-state index contributed by atoms with van der Waals surface area (Å²) in [4.78, 5) is 26.7. The quantitative estimate of drug-likeness (QED) is 0.821. The van der Waals surface area contributed by atoms with E-state index in [1.165, 1.54) is 0 Å². The van der Waals surface area contributed by atoms with Gasteiger partial charge in [-0.05, 0) is 32.4 Å². The maximum Gasteiger partial charge on any atom is 0.308 e. The molecule has 0 spiro atoms. The van der Waals surface area contributed by atoms with Gasteiger partial charge in [-0.15, -0.1) is 0 Å². The molecule has 2 atom stereocenters. The van der Waals surface area contributed by atoms with Crippen molar-refractivity contribution in [3.63, 3.8) is 0 Å². The summed E-state index contributed by atoms with van der Waals surface area (Å²) in [6, 6.07) is 3.30. The first-order valence-corrected chi connectivity index (χ1v) is 5.84. The average Bonchev–Trinajstić information content (AvgIpc) is 2.30. The van der Waals surface area contributed by atoms with E-state index >= 15 is 0 Å². The van der Waals surface area contributed by atoms with E-state index in [4.69, 9.17) is 5.11 Å². The van der Waals surface area contributed by atoms with Gasteiger partial charge in [0.25, 0.3) is 0 Å². The summed E-state index contributed by atoms with van der Waals surface area (Å²) in [5.41, 5.74) is 1.66. The average molecular weight is 250 g/mol. The molecule has 1 amide bonds. The topological polar surface area (TPSA) is 79.3 Å². The molecule has 0 saturated heterocycles. The van der Waals surface area contributed by atoms with E-state index in [1.807, 2.05) is 19.1 Å². The minimum absolute atomic E-state index is 0.170. The van der Waals surface area contributed by atoms with Crippen LogP contribution in [0.1, 0.15) is 25.1 Å². The van der Waals surface area contributed by atoms with Gasteiger partial charge >= 0.3 is 5.97 Å². The summed E-state index contributed by atoms with van der Waals surface area (Å²) in [5, 5.41) is 11.5. The van der Waals surface area contributed by atoms with Gasteiger partial charge in [-0.25, -0.2) is 0 Å². The van der Waals surface area contributed by atoms with Crippen LogP contribution in [0.2, 0.25) is 0 Å². The highest BCUT2D eigenvalue weighted by atomic mass is 16.4. The molecule has 2 unspecified atom stereocenters. The monoisotopic (exact) mass is 250 g/mol. The Hall–Kier alpha value is -1.91. The zero-order valence-corrected chi connectivity index (χ0v) is 10.8. The number of aromatic nitrogens is 1. The van der Waals surface area contributed by atoms with E-state index in [9.17, 15) is 9.59 Å². The number of aryl methyl sites for hydroxylation is 1. The third kappa shape index (κ3) is 3.84. The lowest BCUT2D eigenvalue weighted by molar-refractivity contribution is -0.142. The molecule has 18 heavy (non-hydrogen) atoms. The van der Waals surface area contributed by atoms with Gasteiger partial charge in [0.05, 0.1) is 18.0 Å². The minimum Gasteiger partial charge on any atom is -0.481 e. The number of nitrogens with one attached hydrogen (secondary N) is 1. The molecular weight excluding hydrogens is 232 g/mol. The second kappa shape index (κ2) is 6.14. The molecule has 1 aromatic heterocycles. The van der Waals surface area contributed by atoms with Crippen LogP contribution in [0.5, 0.6) is 0 Å². The van der Waals surface area contributed by atoms with Gasteiger partial charge in [-0.1, -0.05) is 6.07 Å². The summed E-state index contributed by atoms with van der Waals surface area (Å²) in [6.45, 7) is 5.14. The molecule has 2 N–H and O–H groups in total. The maximum absolute atomic E-state index is 11.8. The first-order chi connectivity index (χ1) is 8.41. The van der Waals surface area contributed by atoms with Crippen molar-refractivity contribution >= 4 is 11.9 Å². The van der Waals surface area contributed by atoms with Crippen LogP contribution in [-0.2, 0) is 16.0 Å². The Kier molecular flexibility index (Phi) is 4.83. The van der Waals surface area contributed by atoms with Crippen molar-refractivity contribution in [2.45, 2.75) is 33.2 Å². The van der Waals surface area contributed by atoms with Gasteiger partial charge in [-0.2, -0.15) is 0 Å². The van der Waals surface area contributed by atoms with Gasteiger partial charge in [0.1, 0.15) is 0 Å². The number of hydrogen-bond donors (Lipinski definition) is 2. The van der Waals surface area contributed by atoms with Crippen molar-refractivity contribution in [3.8, 4) is 0 Å². The fourth-order valence-electron chi connectivity index (χ4n) is 1.50. The first-order valence-electron chi connectivity index (χ1n) is 5.84. The number of amides is 1. The second-order valence-corrected chi connectivity index (χ2v) is 4.43. The Bertz CT molecular complexity index is 446. The molecule has 1 rings (SSSR count). The highest BCUT2D eigenvalue weighted by Crippen LogP contribution is 2.06. The van der Waals surface area contributed by atoms with Crippen LogP contribution in [0.4, 0.5) is 0 Å². The summed E-state index contributed by atoms with van der Waals surface area (Å²) in [6.07, 6.45) is 1.81. The van der Waals surface area contributed by atoms with Crippen LogP contribution < -0.4 is 5.32 Å². The molecule has 0 saturated carbocycles. The van der Waals surface area contributed by atoms with Gasteiger partial charge in [-0.3, -0.25) is 14.6 Å². The van der Waals surface area contributed by atoms with Crippen LogP contribution in [-0.4, -0.2) is 28.0 Å². The Morgan fingerprint density at radius 2 is 2.11 bits per heavy atom. The van der Waals surface area contributed by atoms with Crippen LogP contribution in [0.3, 0.4) is 0 Å². The normalized spacial score (nSPS) is 13.7. The Morgan fingerprint density at radius 3 is 2.67 bits per heavy atom. The zero-order valence-electron chi connectivity index (χ0n) is 10.8. The maximum atomic E-state index is 11.8. The molecule has 0 radical (unpaired) electrons. The van der Waals surface area contributed by atoms with E-state index in [0.717, 1.165) is 5.56 Å². The first kappa shape index (κ1) is 14.2. The van der Waals surface area contributed by atoms with Gasteiger partial charge in [0, 0.05) is 12.2 Å². The van der Waals surface area contributed by atoms with Gasteiger partial charge < -0.3 is 10.4 Å². The lowest BCUT2D eigenvalue weighted by atomic mass is 10.0. The smallest absolute Gasteiger partial charge is 0.308 e. The summed E-state index contributed by atoms with van der Waals surface area (Å²) >= 11 is 0. The molecule has 1 aromatic rings. The zero-order chi connectivity index (χ0) is 13.7. The standard InChI is InChI=1S/C13H18N2O3/c1-8-5-4-6-14-11(8)7-12(16)15-10(3)9(2)13(17)18/h4-6,9-10H,7H2,1-3H3,(H,15,16)(H,17,18). The Morgan fingerprint density at radius 1 is 1.44 bits per heavy atom. The number of nitrogens with zero attached hydrogens (tertiary/aromatic N) is 1. The number of carbonyl (C=O) groups is 2. The lowest BCUT2D eigenvalue weighted by Crippen LogP contribution is -2.40. The molecule has 98 valence electrons. The van der Waals surface area contributed by atoms with Crippen LogP contribution >= 0.6 is 0 Å². The van der Waals surface area contributed by atoms with E-state index < -0.39 is 17.9 Å². The molecule has 0 aliphatic carbocycles. The molecule has 0 fully saturated rings. The van der Waals surface area contributed by atoms with Crippen LogP contribution in [0.15, 0.2) is 18.3 Å². The van der Waals surface area contributed by atoms with Crippen molar-refractivity contribution in [1.82, 2.24) is 10.3 Å². The summed E-state index contributed by atoms with van der Waals surface area (Å²) in [5.74, 6) is -1.74. The predicted molar refractivity (Wildman–Crippen MR) is 67.1 cm³/mol. The van der Waals surface area contributed by atoms with Crippen molar-refractivity contribution in [1.29, 1.82) is 0 Å². The Balaban J connectivity index is 2.57. The van der Waals surface area contributed by atoms with Gasteiger partial charge in [0.2, 0.25) is 5.91 Å². The molecule has 0 aromatic carbocycles. The van der Waals surface area contributed by atoms with Crippen molar-refractivity contribution in [3.05, 3.63) is 29.6 Å². The highest BCUT2D eigenvalue weighted by molar-refractivity contribution is 5.79. The number of aliphatic carboxylic acids is 1. The number of carbonyl (C=O) groups excluding carboxylic acids is 1. The van der Waals surface area contributed by atoms with Crippen molar-refractivity contribution in [2.75, 3.05) is 0 Å². The molecule has 5 heteroatoms. The van der Waals surface area contributed by atoms with Gasteiger partial charge in [0.15, 0.2) is 0 Å². The summed E-state index contributed by atoms with van der Waals surface area (Å²) < 4.78 is 0. The van der Waals surface area contributed by atoms with E-state index in [2.05, 4.69) is 10.3 Å². The Labute approximate surface area is 106 Å². The van der Waals surface area contributed by atoms with E-state index in [1.54, 1.807) is 20.0 Å². The third-order valence-corrected chi connectivity index (χ3v) is 2.97. The predicted octanol–water partition coefficient (Wildman–Crippen LogP) is 1.16. The minimum atomic E-state index is -0.920. The molecule has 0 aliphatic heterocycles. The van der Waals surface area contributed by atoms with E-state index in [0.29, 0.717) is 5.69 Å². The van der Waals surface area contributed by atoms with Crippen LogP contribution in [0.25, 0.3) is 0 Å². The number of carboxylic acids is 1. The molecular formula is C13H18N2O3.